The number of Topliss-reactive ketones (excluding diaryl/α,β-unsaturated/α-hetero) is 1. The van der Waals surface area contributed by atoms with Crippen molar-refractivity contribution in [1.29, 1.82) is 0 Å². The van der Waals surface area contributed by atoms with E-state index in [1.54, 1.807) is 25.1 Å². The van der Waals surface area contributed by atoms with Gasteiger partial charge in [-0.05, 0) is 66.3 Å². The predicted octanol–water partition coefficient (Wildman–Crippen LogP) is 3.87. The molecule has 0 saturated heterocycles. The maximum Gasteiger partial charge on any atom is 0.326 e. The third-order valence-corrected chi connectivity index (χ3v) is 5.47. The van der Waals surface area contributed by atoms with E-state index in [-0.39, 0.29) is 18.2 Å². The van der Waals surface area contributed by atoms with Gasteiger partial charge in [-0.25, -0.2) is 0 Å². The zero-order chi connectivity index (χ0) is 21.1. The van der Waals surface area contributed by atoms with Crippen molar-refractivity contribution in [2.24, 2.45) is 0 Å². The quantitative estimate of drug-likeness (QED) is 0.503. The van der Waals surface area contributed by atoms with Gasteiger partial charge in [-0.1, -0.05) is 42.5 Å². The van der Waals surface area contributed by atoms with Crippen molar-refractivity contribution in [3.05, 3.63) is 82.9 Å². The summed E-state index contributed by atoms with van der Waals surface area (Å²) >= 11 is 0. The Morgan fingerprint density at radius 2 is 1.63 bits per heavy atom. The number of aryl methyl sites for hydroxylation is 2. The highest BCUT2D eigenvalue weighted by Crippen LogP contribution is 2.23. The van der Waals surface area contributed by atoms with E-state index in [4.69, 9.17) is 4.74 Å². The summed E-state index contributed by atoms with van der Waals surface area (Å²) in [5, 5.41) is 4.54. The molecule has 5 nitrogen and oxygen atoms in total. The van der Waals surface area contributed by atoms with Crippen LogP contribution in [-0.2, 0) is 22.4 Å². The third kappa shape index (κ3) is 4.25. The second kappa shape index (κ2) is 8.49. The molecule has 5 heteroatoms. The summed E-state index contributed by atoms with van der Waals surface area (Å²) in [6.07, 6.45) is 2.22. The van der Waals surface area contributed by atoms with Crippen molar-refractivity contribution in [3.8, 4) is 0 Å². The minimum Gasteiger partial charge on any atom is -0.453 e. The Bertz CT molecular complexity index is 1130. The Morgan fingerprint density at radius 1 is 0.900 bits per heavy atom. The van der Waals surface area contributed by atoms with Crippen LogP contribution in [0, 0.1) is 0 Å². The molecule has 30 heavy (non-hydrogen) atoms. The molecule has 0 spiro atoms. The van der Waals surface area contributed by atoms with Crippen LogP contribution in [0.1, 0.15) is 45.2 Å². The largest absolute Gasteiger partial charge is 0.453 e. The second-order valence-corrected chi connectivity index (χ2v) is 7.58. The zero-order valence-electron chi connectivity index (χ0n) is 16.8. The van der Waals surface area contributed by atoms with Crippen LogP contribution in [0.25, 0.3) is 10.8 Å². The van der Waals surface area contributed by atoms with E-state index in [1.807, 2.05) is 42.5 Å². The monoisotopic (exact) mass is 401 g/mol. The minimum absolute atomic E-state index is 0.237. The average molecular weight is 401 g/mol. The number of carbonyl (C=O) groups excluding carboxylic acids is 3. The van der Waals surface area contributed by atoms with Crippen LogP contribution in [0.4, 0.5) is 0 Å². The molecule has 0 heterocycles. The van der Waals surface area contributed by atoms with E-state index in [9.17, 15) is 14.4 Å². The Hall–Kier alpha value is -3.47. The van der Waals surface area contributed by atoms with E-state index in [2.05, 4.69) is 5.32 Å². The highest BCUT2D eigenvalue weighted by Gasteiger charge is 2.22. The lowest BCUT2D eigenvalue weighted by Crippen LogP contribution is -2.34. The van der Waals surface area contributed by atoms with Crippen LogP contribution in [0.5, 0.6) is 0 Å². The molecule has 1 aliphatic carbocycles. The van der Waals surface area contributed by atoms with Crippen molar-refractivity contribution in [2.75, 3.05) is 6.54 Å². The van der Waals surface area contributed by atoms with Crippen molar-refractivity contribution < 1.29 is 19.1 Å². The number of carbonyl (C=O) groups is 3. The smallest absolute Gasteiger partial charge is 0.326 e. The number of amides is 1. The molecule has 0 unspecified atom stereocenters. The third-order valence-electron chi connectivity index (χ3n) is 5.47. The molecule has 4 rings (SSSR count). The van der Waals surface area contributed by atoms with Gasteiger partial charge in [0.25, 0.3) is 5.91 Å². The fourth-order valence-electron chi connectivity index (χ4n) is 3.84. The average Bonchev–Trinajstić information content (AvgIpc) is 3.24. The first-order valence-electron chi connectivity index (χ1n) is 10.1. The lowest BCUT2D eigenvalue weighted by molar-refractivity contribution is -0.145. The molecule has 0 bridgehead atoms. The van der Waals surface area contributed by atoms with Crippen LogP contribution < -0.4 is 5.32 Å². The summed E-state index contributed by atoms with van der Waals surface area (Å²) in [6, 6.07) is 18.7. The maximum atomic E-state index is 12.6. The summed E-state index contributed by atoms with van der Waals surface area (Å²) in [4.78, 5) is 37.1. The normalized spacial score (nSPS) is 13.5. The Balaban J connectivity index is 1.32. The summed E-state index contributed by atoms with van der Waals surface area (Å²) in [6.45, 7) is 1.26. The summed E-state index contributed by atoms with van der Waals surface area (Å²) in [7, 11) is 0. The molecule has 0 aliphatic heterocycles. The number of fused-ring (bicyclic) bond motifs is 2. The molecule has 152 valence electrons. The zero-order valence-corrected chi connectivity index (χ0v) is 16.8. The van der Waals surface area contributed by atoms with Gasteiger partial charge in [0.05, 0.1) is 0 Å². The number of nitrogens with one attached hydrogen (secondary N) is 1. The van der Waals surface area contributed by atoms with Crippen LogP contribution in [0.15, 0.2) is 60.7 Å². The molecule has 3 aromatic carbocycles. The van der Waals surface area contributed by atoms with E-state index in [0.29, 0.717) is 11.1 Å². The van der Waals surface area contributed by atoms with E-state index in [0.717, 1.165) is 30.0 Å². The molecule has 1 N–H and O–H groups in total. The molecule has 0 radical (unpaired) electrons. The van der Waals surface area contributed by atoms with Crippen LogP contribution in [-0.4, -0.2) is 30.3 Å². The van der Waals surface area contributed by atoms with E-state index >= 15 is 0 Å². The minimum atomic E-state index is -0.908. The van der Waals surface area contributed by atoms with Gasteiger partial charge in [0.1, 0.15) is 6.54 Å². The highest BCUT2D eigenvalue weighted by atomic mass is 16.5. The molecule has 0 saturated carbocycles. The highest BCUT2D eigenvalue weighted by molar-refractivity contribution is 6.01. The van der Waals surface area contributed by atoms with E-state index < -0.39 is 12.1 Å². The van der Waals surface area contributed by atoms with Gasteiger partial charge in [-0.3, -0.25) is 14.4 Å². The first-order valence-corrected chi connectivity index (χ1v) is 10.1. The first kappa shape index (κ1) is 19.8. The number of esters is 1. The Kier molecular flexibility index (Phi) is 5.61. The molecule has 0 fully saturated rings. The predicted molar refractivity (Wildman–Crippen MR) is 115 cm³/mol. The SMILES string of the molecule is C[C@H](OC(=O)CNC(=O)c1ccc2ccccc2c1)C(=O)c1ccc2c(c1)CCC2. The van der Waals surface area contributed by atoms with Gasteiger partial charge in [-0.15, -0.1) is 0 Å². The lowest BCUT2D eigenvalue weighted by Gasteiger charge is -2.13. The summed E-state index contributed by atoms with van der Waals surface area (Å²) < 4.78 is 5.24. The van der Waals surface area contributed by atoms with Crippen molar-refractivity contribution in [1.82, 2.24) is 5.32 Å². The number of hydrogen-bond donors (Lipinski definition) is 1. The van der Waals surface area contributed by atoms with Gasteiger partial charge in [0.2, 0.25) is 5.78 Å². The topological polar surface area (TPSA) is 72.5 Å². The van der Waals surface area contributed by atoms with Crippen LogP contribution in [0.3, 0.4) is 0 Å². The molecule has 1 aliphatic rings. The molecular formula is C25H23NO4. The molecule has 1 atom stereocenters. The van der Waals surface area contributed by atoms with Crippen LogP contribution in [0.2, 0.25) is 0 Å². The van der Waals surface area contributed by atoms with Gasteiger partial charge >= 0.3 is 5.97 Å². The Morgan fingerprint density at radius 3 is 2.47 bits per heavy atom. The number of ether oxygens (including phenoxy) is 1. The number of rotatable bonds is 6. The van der Waals surface area contributed by atoms with Gasteiger partial charge < -0.3 is 10.1 Å². The molecule has 1 amide bonds. The van der Waals surface area contributed by atoms with Crippen LogP contribution >= 0.6 is 0 Å². The standard InChI is InChI=1S/C25H23NO4/c1-16(24(28)21-11-9-18-7-4-8-20(18)13-21)30-23(27)15-26-25(29)22-12-10-17-5-2-3-6-19(17)14-22/h2-3,5-6,9-14,16H,4,7-8,15H2,1H3,(H,26,29)/t16-/m0/s1. The maximum absolute atomic E-state index is 12.6. The fourth-order valence-corrected chi connectivity index (χ4v) is 3.84. The fraction of sp³-hybridized carbons (Fsp3) is 0.240. The number of hydrogen-bond acceptors (Lipinski definition) is 4. The number of benzene rings is 3. The first-order chi connectivity index (χ1) is 14.5. The van der Waals surface area contributed by atoms with Gasteiger partial charge in [0.15, 0.2) is 6.10 Å². The lowest BCUT2D eigenvalue weighted by atomic mass is 10.0. The Labute approximate surface area is 175 Å². The van der Waals surface area contributed by atoms with Crippen molar-refractivity contribution >= 4 is 28.4 Å². The van der Waals surface area contributed by atoms with Gasteiger partial charge in [0, 0.05) is 11.1 Å². The molecule has 3 aromatic rings. The summed E-state index contributed by atoms with van der Waals surface area (Å²) in [5.41, 5.74) is 3.49. The van der Waals surface area contributed by atoms with Gasteiger partial charge in [-0.2, -0.15) is 0 Å². The van der Waals surface area contributed by atoms with Crippen molar-refractivity contribution in [2.45, 2.75) is 32.3 Å². The molecular weight excluding hydrogens is 378 g/mol. The second-order valence-electron chi connectivity index (χ2n) is 7.58. The summed E-state index contributed by atoms with van der Waals surface area (Å²) in [5.74, 6) is -1.25. The van der Waals surface area contributed by atoms with E-state index in [1.165, 1.54) is 11.1 Å². The van der Waals surface area contributed by atoms with Crippen molar-refractivity contribution in [3.63, 3.8) is 0 Å². The number of ketones is 1. The molecule has 0 aromatic heterocycles.